The highest BCUT2D eigenvalue weighted by molar-refractivity contribution is 5.94. The Morgan fingerprint density at radius 1 is 1.04 bits per heavy atom. The summed E-state index contributed by atoms with van der Waals surface area (Å²) in [6.45, 7) is 3.32. The second-order valence-electron chi connectivity index (χ2n) is 8.33. The van der Waals surface area contributed by atoms with Gasteiger partial charge in [0.15, 0.2) is 0 Å². The molecule has 0 bridgehead atoms. The Labute approximate surface area is 159 Å². The highest BCUT2D eigenvalue weighted by atomic mass is 16.1. The molecule has 3 heteroatoms. The molecule has 26 heavy (non-hydrogen) atoms. The number of nitrogens with zero attached hydrogens (tertiary/aromatic N) is 1. The quantitative estimate of drug-likeness (QED) is 0.387. The molecule has 0 amide bonds. The number of rotatable bonds is 6. The van der Waals surface area contributed by atoms with Crippen molar-refractivity contribution in [1.82, 2.24) is 5.32 Å². The number of carbonyl (C=O) groups excluding carboxylic acids is 1. The first kappa shape index (κ1) is 19.5. The van der Waals surface area contributed by atoms with Gasteiger partial charge in [-0.15, -0.1) is 0 Å². The summed E-state index contributed by atoms with van der Waals surface area (Å²) in [6, 6.07) is 0.401. The van der Waals surface area contributed by atoms with Gasteiger partial charge in [0.2, 0.25) is 0 Å². The molecule has 2 fully saturated rings. The molecule has 0 spiro atoms. The zero-order valence-electron chi connectivity index (χ0n) is 16.6. The van der Waals surface area contributed by atoms with E-state index < -0.39 is 0 Å². The first-order valence-electron chi connectivity index (χ1n) is 10.9. The van der Waals surface area contributed by atoms with Crippen molar-refractivity contribution in [2.45, 2.75) is 96.4 Å². The van der Waals surface area contributed by atoms with Crippen molar-refractivity contribution in [1.29, 1.82) is 0 Å². The van der Waals surface area contributed by atoms with Crippen molar-refractivity contribution in [3.63, 3.8) is 0 Å². The summed E-state index contributed by atoms with van der Waals surface area (Å²) in [5, 5.41) is 3.51. The van der Waals surface area contributed by atoms with Gasteiger partial charge in [0.25, 0.3) is 0 Å². The molecule has 0 radical (unpaired) electrons. The van der Waals surface area contributed by atoms with Crippen LogP contribution in [0.15, 0.2) is 28.4 Å². The molecule has 2 aliphatic carbocycles. The van der Waals surface area contributed by atoms with Crippen LogP contribution in [0.2, 0.25) is 0 Å². The van der Waals surface area contributed by atoms with E-state index in [2.05, 4.69) is 24.4 Å². The fraction of sp³-hybridized carbons (Fsp3) is 0.739. The van der Waals surface area contributed by atoms with Gasteiger partial charge in [0.1, 0.15) is 5.78 Å². The third-order valence-corrected chi connectivity index (χ3v) is 6.34. The van der Waals surface area contributed by atoms with Gasteiger partial charge in [-0.25, -0.2) is 0 Å². The van der Waals surface area contributed by atoms with Gasteiger partial charge >= 0.3 is 0 Å². The van der Waals surface area contributed by atoms with E-state index in [1.807, 2.05) is 0 Å². The Morgan fingerprint density at radius 3 is 2.38 bits per heavy atom. The second kappa shape index (κ2) is 10.2. The number of ketones is 1. The lowest BCUT2D eigenvalue weighted by Gasteiger charge is -2.30. The lowest BCUT2D eigenvalue weighted by molar-refractivity contribution is -0.123. The van der Waals surface area contributed by atoms with Gasteiger partial charge in [-0.1, -0.05) is 43.4 Å². The maximum atomic E-state index is 12.7. The Kier molecular flexibility index (Phi) is 7.67. The Hall–Kier alpha value is -1.22. The molecule has 1 saturated heterocycles. The fourth-order valence-electron chi connectivity index (χ4n) is 4.38. The number of allylic oxidation sites excluding steroid dienone is 4. The van der Waals surface area contributed by atoms with Crippen molar-refractivity contribution < 1.29 is 4.79 Å². The van der Waals surface area contributed by atoms with Crippen LogP contribution >= 0.6 is 0 Å². The molecular weight excluding hydrogens is 320 g/mol. The average molecular weight is 357 g/mol. The highest BCUT2D eigenvalue weighted by Gasteiger charge is 2.25. The first-order chi connectivity index (χ1) is 12.7. The van der Waals surface area contributed by atoms with E-state index in [4.69, 9.17) is 4.99 Å². The van der Waals surface area contributed by atoms with E-state index in [1.165, 1.54) is 49.1 Å². The lowest BCUT2D eigenvalue weighted by atomic mass is 9.90. The first-order valence-corrected chi connectivity index (χ1v) is 10.9. The smallest absolute Gasteiger partial charge is 0.136 e. The number of Topliss-reactive ketones (excluding diaryl/α,β-unsaturated/α-hetero) is 1. The van der Waals surface area contributed by atoms with Gasteiger partial charge in [-0.3, -0.25) is 9.79 Å². The third kappa shape index (κ3) is 5.64. The van der Waals surface area contributed by atoms with Crippen LogP contribution in [0.1, 0.15) is 90.4 Å². The van der Waals surface area contributed by atoms with Crippen LogP contribution in [0.3, 0.4) is 0 Å². The molecule has 3 aliphatic rings. The summed E-state index contributed by atoms with van der Waals surface area (Å²) < 4.78 is 0. The van der Waals surface area contributed by atoms with Gasteiger partial charge in [-0.2, -0.15) is 0 Å². The number of hydrogen-bond donors (Lipinski definition) is 1. The van der Waals surface area contributed by atoms with Crippen LogP contribution in [0, 0.1) is 5.92 Å². The standard InChI is InChI=1S/C23H36N2O/c1-18-10-6-2-5-9-13-20(18)25-22(21-16-17-24-21)14-15-23(26)19-11-7-3-4-8-12-19/h2,5,19,21,24H,3-4,6-17H2,1H3/b5-2+,20-18+,25-22-. The van der Waals surface area contributed by atoms with Crippen LogP contribution in [0.25, 0.3) is 0 Å². The molecule has 1 atom stereocenters. The molecule has 0 aromatic rings. The molecule has 3 nitrogen and oxygen atoms in total. The van der Waals surface area contributed by atoms with Gasteiger partial charge in [-0.05, 0) is 64.8 Å². The molecule has 1 aliphatic heterocycles. The van der Waals surface area contributed by atoms with Crippen molar-refractivity contribution in [3.8, 4) is 0 Å². The molecule has 0 aromatic heterocycles. The molecule has 0 aromatic carbocycles. The average Bonchev–Trinajstić information content (AvgIpc) is 2.86. The van der Waals surface area contributed by atoms with E-state index >= 15 is 0 Å². The predicted octanol–water partition coefficient (Wildman–Crippen LogP) is 5.51. The molecule has 1 unspecified atom stereocenters. The van der Waals surface area contributed by atoms with Crippen LogP contribution < -0.4 is 5.32 Å². The fourth-order valence-corrected chi connectivity index (χ4v) is 4.38. The predicted molar refractivity (Wildman–Crippen MR) is 110 cm³/mol. The lowest BCUT2D eigenvalue weighted by Crippen LogP contribution is -2.48. The Morgan fingerprint density at radius 2 is 1.73 bits per heavy atom. The minimum Gasteiger partial charge on any atom is -0.309 e. The largest absolute Gasteiger partial charge is 0.309 e. The number of nitrogens with one attached hydrogen (secondary N) is 1. The van der Waals surface area contributed by atoms with Gasteiger partial charge in [0.05, 0.1) is 0 Å². The molecule has 1 saturated carbocycles. The molecule has 3 rings (SSSR count). The van der Waals surface area contributed by atoms with E-state index in [-0.39, 0.29) is 0 Å². The maximum Gasteiger partial charge on any atom is 0.136 e. The van der Waals surface area contributed by atoms with Crippen molar-refractivity contribution in [2.75, 3.05) is 6.54 Å². The van der Waals surface area contributed by atoms with Crippen molar-refractivity contribution in [3.05, 3.63) is 23.4 Å². The topological polar surface area (TPSA) is 41.5 Å². The number of carbonyl (C=O) groups is 1. The summed E-state index contributed by atoms with van der Waals surface area (Å²) in [6.07, 6.45) is 19.0. The highest BCUT2D eigenvalue weighted by Crippen LogP contribution is 2.26. The molecule has 1 heterocycles. The van der Waals surface area contributed by atoms with Crippen LogP contribution in [0.5, 0.6) is 0 Å². The Bertz CT molecular complexity index is 561. The van der Waals surface area contributed by atoms with Crippen LogP contribution in [-0.4, -0.2) is 24.1 Å². The van der Waals surface area contributed by atoms with E-state index in [0.29, 0.717) is 24.2 Å². The molecule has 144 valence electrons. The summed E-state index contributed by atoms with van der Waals surface area (Å²) in [5.41, 5.74) is 3.94. The van der Waals surface area contributed by atoms with E-state index in [9.17, 15) is 4.79 Å². The summed E-state index contributed by atoms with van der Waals surface area (Å²) >= 11 is 0. The number of hydrogen-bond acceptors (Lipinski definition) is 3. The van der Waals surface area contributed by atoms with Gasteiger partial charge < -0.3 is 5.32 Å². The van der Waals surface area contributed by atoms with E-state index in [0.717, 1.165) is 51.5 Å². The van der Waals surface area contributed by atoms with Crippen molar-refractivity contribution in [2.24, 2.45) is 10.9 Å². The molecular formula is C23H36N2O. The minimum atomic E-state index is 0.320. The zero-order chi connectivity index (χ0) is 18.2. The molecule has 1 N–H and O–H groups in total. The summed E-state index contributed by atoms with van der Waals surface area (Å²) in [5.74, 6) is 0.811. The zero-order valence-corrected chi connectivity index (χ0v) is 16.6. The monoisotopic (exact) mass is 356 g/mol. The van der Waals surface area contributed by atoms with Gasteiger partial charge in [0, 0.05) is 29.8 Å². The minimum absolute atomic E-state index is 0.320. The Balaban J connectivity index is 1.64. The van der Waals surface area contributed by atoms with Crippen LogP contribution in [-0.2, 0) is 4.79 Å². The normalized spacial score (nSPS) is 30.0. The SMILES string of the molecule is C/C1=C(\N=C(\CCC(=O)C2CCCCCC2)C2CCN2)CC/C=C/CC1. The third-order valence-electron chi connectivity index (χ3n) is 6.34. The van der Waals surface area contributed by atoms with Crippen molar-refractivity contribution >= 4 is 11.5 Å². The van der Waals surface area contributed by atoms with Crippen LogP contribution in [0.4, 0.5) is 0 Å². The summed E-state index contributed by atoms with van der Waals surface area (Å²) in [7, 11) is 0. The maximum absolute atomic E-state index is 12.7. The second-order valence-corrected chi connectivity index (χ2v) is 8.33. The number of aliphatic imine (C=N–C) groups is 1. The van der Waals surface area contributed by atoms with E-state index in [1.54, 1.807) is 0 Å². The summed E-state index contributed by atoms with van der Waals surface area (Å²) in [4.78, 5) is 17.9.